The van der Waals surface area contributed by atoms with Crippen molar-refractivity contribution in [1.29, 1.82) is 0 Å². The summed E-state index contributed by atoms with van der Waals surface area (Å²) >= 11 is 0. The first-order valence-electron chi connectivity index (χ1n) is 8.53. The second-order valence-electron chi connectivity index (χ2n) is 7.05. The van der Waals surface area contributed by atoms with Gasteiger partial charge in [0.1, 0.15) is 12.9 Å². The average Bonchev–Trinajstić information content (AvgIpc) is 3.01. The molecule has 1 aliphatic rings. The van der Waals surface area contributed by atoms with Crippen LogP contribution in [0.1, 0.15) is 53.1 Å². The molecule has 0 spiro atoms. The molecule has 1 aliphatic heterocycles. The summed E-state index contributed by atoms with van der Waals surface area (Å²) in [6.45, 7) is 10.3. The van der Waals surface area contributed by atoms with E-state index < -0.39 is 11.6 Å². The highest BCUT2D eigenvalue weighted by Crippen LogP contribution is 2.31. The zero-order valence-electron chi connectivity index (χ0n) is 15.9. The Morgan fingerprint density at radius 1 is 1.24 bits per heavy atom. The largest absolute Gasteiger partial charge is 0.464 e. The molecule has 1 aromatic rings. The number of fused-ring (bicyclic) bond motifs is 1. The molecule has 0 N–H and O–H groups in total. The molecule has 2 heterocycles. The monoisotopic (exact) mass is 345 g/mol. The van der Waals surface area contributed by atoms with Gasteiger partial charge in [0.15, 0.2) is 5.69 Å². The SMILES string of the molecule is C[B]CCC(C)(C)OC(=O)N1Cc2c(C(=O)OC)nc(C)c(C)c2C1. The molecule has 0 aromatic carbocycles. The standard InChI is InChI=1S/C18H26BN2O4/c1-11-12(2)20-15(16(22)24-6)14-10-21(9-13(11)14)17(23)25-18(3,4)7-8-19-5/h7-10H2,1-6H3. The van der Waals surface area contributed by atoms with Crippen molar-refractivity contribution in [3.8, 4) is 0 Å². The van der Waals surface area contributed by atoms with Crippen LogP contribution in [0.4, 0.5) is 4.79 Å². The predicted molar refractivity (Wildman–Crippen MR) is 95.9 cm³/mol. The molecule has 0 unspecified atom stereocenters. The van der Waals surface area contributed by atoms with Gasteiger partial charge in [0.25, 0.3) is 0 Å². The van der Waals surface area contributed by atoms with E-state index >= 15 is 0 Å². The first kappa shape index (κ1) is 19.3. The molecule has 0 saturated carbocycles. The highest BCUT2D eigenvalue weighted by molar-refractivity contribution is 6.33. The molecule has 0 fully saturated rings. The van der Waals surface area contributed by atoms with Gasteiger partial charge in [0.2, 0.25) is 0 Å². The quantitative estimate of drug-likeness (QED) is 0.605. The van der Waals surface area contributed by atoms with Gasteiger partial charge in [-0.3, -0.25) is 4.90 Å². The van der Waals surface area contributed by atoms with E-state index in [2.05, 4.69) is 12.3 Å². The lowest BCUT2D eigenvalue weighted by atomic mass is 9.74. The van der Waals surface area contributed by atoms with Crippen molar-refractivity contribution in [1.82, 2.24) is 9.88 Å². The van der Waals surface area contributed by atoms with E-state index in [1.54, 1.807) is 4.90 Å². The number of nitrogens with zero attached hydrogens (tertiary/aromatic N) is 2. The van der Waals surface area contributed by atoms with Gasteiger partial charge in [-0.1, -0.05) is 13.1 Å². The van der Waals surface area contributed by atoms with E-state index in [4.69, 9.17) is 9.47 Å². The Kier molecular flexibility index (Phi) is 5.75. The molecule has 25 heavy (non-hydrogen) atoms. The van der Waals surface area contributed by atoms with Crippen LogP contribution in [-0.2, 0) is 22.6 Å². The molecule has 0 aliphatic carbocycles. The summed E-state index contributed by atoms with van der Waals surface area (Å²) in [6, 6.07) is 0. The maximum atomic E-state index is 12.6. The Labute approximate surface area is 150 Å². The molecule has 6 nitrogen and oxygen atoms in total. The maximum Gasteiger partial charge on any atom is 0.410 e. The Hall–Kier alpha value is -2.05. The minimum absolute atomic E-state index is 0.288. The maximum absolute atomic E-state index is 12.6. The Morgan fingerprint density at radius 2 is 1.88 bits per heavy atom. The summed E-state index contributed by atoms with van der Waals surface area (Å²) in [4.78, 5) is 30.6. The van der Waals surface area contributed by atoms with Crippen LogP contribution in [0.2, 0.25) is 13.1 Å². The van der Waals surface area contributed by atoms with Gasteiger partial charge in [0, 0.05) is 11.3 Å². The fourth-order valence-electron chi connectivity index (χ4n) is 2.97. The third kappa shape index (κ3) is 4.14. The fraction of sp³-hybridized carbons (Fsp3) is 0.611. The summed E-state index contributed by atoms with van der Waals surface area (Å²) in [5.41, 5.74) is 3.24. The lowest BCUT2D eigenvalue weighted by Crippen LogP contribution is -2.35. The highest BCUT2D eigenvalue weighted by atomic mass is 16.6. The molecule has 135 valence electrons. The van der Waals surface area contributed by atoms with Crippen LogP contribution in [-0.4, -0.2) is 41.9 Å². The number of hydrogen-bond acceptors (Lipinski definition) is 5. The lowest BCUT2D eigenvalue weighted by molar-refractivity contribution is 0.0105. The minimum atomic E-state index is -0.535. The van der Waals surface area contributed by atoms with E-state index in [0.717, 1.165) is 35.1 Å². The van der Waals surface area contributed by atoms with E-state index in [0.29, 0.717) is 13.1 Å². The first-order chi connectivity index (χ1) is 11.7. The van der Waals surface area contributed by atoms with E-state index in [-0.39, 0.29) is 11.8 Å². The second kappa shape index (κ2) is 7.46. The average molecular weight is 345 g/mol. The van der Waals surface area contributed by atoms with E-state index in [9.17, 15) is 9.59 Å². The number of amides is 1. The lowest BCUT2D eigenvalue weighted by Gasteiger charge is -2.28. The van der Waals surface area contributed by atoms with Gasteiger partial charge in [-0.05, 0) is 45.2 Å². The molecule has 1 amide bonds. The van der Waals surface area contributed by atoms with Gasteiger partial charge < -0.3 is 9.47 Å². The molecule has 2 rings (SSSR count). The molecule has 0 atom stereocenters. The molecular weight excluding hydrogens is 319 g/mol. The molecule has 0 saturated heterocycles. The van der Waals surface area contributed by atoms with Crippen molar-refractivity contribution in [2.24, 2.45) is 0 Å². The summed E-state index contributed by atoms with van der Waals surface area (Å²) in [6.07, 6.45) is 1.28. The number of aromatic nitrogens is 1. The molecule has 7 heteroatoms. The van der Waals surface area contributed by atoms with Crippen molar-refractivity contribution >= 4 is 19.3 Å². The molecular formula is C18H26BN2O4. The normalized spacial score (nSPS) is 13.4. The van der Waals surface area contributed by atoms with Crippen LogP contribution in [0.15, 0.2) is 0 Å². The number of pyridine rings is 1. The molecule has 1 aromatic heterocycles. The summed E-state index contributed by atoms with van der Waals surface area (Å²) in [5, 5.41) is 0. The van der Waals surface area contributed by atoms with Gasteiger partial charge in [-0.15, -0.1) is 0 Å². The number of ether oxygens (including phenoxy) is 2. The Balaban J connectivity index is 2.21. The topological polar surface area (TPSA) is 68.7 Å². The summed E-state index contributed by atoms with van der Waals surface area (Å²) in [7, 11) is 3.39. The zero-order chi connectivity index (χ0) is 18.8. The van der Waals surface area contributed by atoms with E-state index in [1.165, 1.54) is 7.11 Å². The number of carbonyl (C=O) groups excluding carboxylic acids is 2. The van der Waals surface area contributed by atoms with E-state index in [1.807, 2.05) is 34.5 Å². The number of carbonyl (C=O) groups is 2. The van der Waals surface area contributed by atoms with Crippen LogP contribution < -0.4 is 0 Å². The van der Waals surface area contributed by atoms with Crippen molar-refractivity contribution in [3.05, 3.63) is 28.1 Å². The van der Waals surface area contributed by atoms with Crippen molar-refractivity contribution in [3.63, 3.8) is 0 Å². The van der Waals surface area contributed by atoms with Crippen LogP contribution in [0.5, 0.6) is 0 Å². The molecule has 0 bridgehead atoms. The smallest absolute Gasteiger partial charge is 0.410 e. The highest BCUT2D eigenvalue weighted by Gasteiger charge is 2.34. The molecule has 1 radical (unpaired) electrons. The van der Waals surface area contributed by atoms with Gasteiger partial charge in [-0.2, -0.15) is 0 Å². The number of aryl methyl sites for hydroxylation is 1. The zero-order valence-corrected chi connectivity index (χ0v) is 15.9. The second-order valence-corrected chi connectivity index (χ2v) is 7.05. The van der Waals surface area contributed by atoms with Crippen molar-refractivity contribution < 1.29 is 19.1 Å². The summed E-state index contributed by atoms with van der Waals surface area (Å²) in [5.74, 6) is -0.478. The van der Waals surface area contributed by atoms with Gasteiger partial charge in [0.05, 0.1) is 20.2 Å². The van der Waals surface area contributed by atoms with Gasteiger partial charge in [-0.25, -0.2) is 14.6 Å². The predicted octanol–water partition coefficient (Wildman–Crippen LogP) is 3.28. The third-order valence-electron chi connectivity index (χ3n) is 4.66. The number of hydrogen-bond donors (Lipinski definition) is 0. The number of esters is 1. The van der Waals surface area contributed by atoms with Crippen LogP contribution in [0, 0.1) is 13.8 Å². The van der Waals surface area contributed by atoms with Crippen molar-refractivity contribution in [2.75, 3.05) is 7.11 Å². The Bertz CT molecular complexity index is 688. The van der Waals surface area contributed by atoms with Crippen LogP contribution >= 0.6 is 0 Å². The third-order valence-corrected chi connectivity index (χ3v) is 4.66. The number of methoxy groups -OCH3 is 1. The Morgan fingerprint density at radius 3 is 2.48 bits per heavy atom. The van der Waals surface area contributed by atoms with Crippen LogP contribution in [0.3, 0.4) is 0 Å². The summed E-state index contributed by atoms with van der Waals surface area (Å²) < 4.78 is 10.5. The minimum Gasteiger partial charge on any atom is -0.464 e. The fourth-order valence-corrected chi connectivity index (χ4v) is 2.97. The van der Waals surface area contributed by atoms with Crippen LogP contribution in [0.25, 0.3) is 0 Å². The number of rotatable bonds is 5. The first-order valence-corrected chi connectivity index (χ1v) is 8.53. The van der Waals surface area contributed by atoms with Crippen molar-refractivity contribution in [2.45, 2.75) is 65.9 Å². The van der Waals surface area contributed by atoms with Gasteiger partial charge >= 0.3 is 12.1 Å².